The Morgan fingerprint density at radius 1 is 1.38 bits per heavy atom. The van der Waals surface area contributed by atoms with E-state index >= 15 is 0 Å². The van der Waals surface area contributed by atoms with Gasteiger partial charge in [-0.2, -0.15) is 5.10 Å². The molecule has 1 heterocycles. The Morgan fingerprint density at radius 3 is 3.00 bits per heavy atom. The van der Waals surface area contributed by atoms with E-state index < -0.39 is 0 Å². The Morgan fingerprint density at radius 2 is 2.19 bits per heavy atom. The molecule has 0 fully saturated rings. The topological polar surface area (TPSA) is 63.8 Å². The lowest BCUT2D eigenvalue weighted by atomic mass is 10.1. The zero-order valence-electron chi connectivity index (χ0n) is 9.35. The van der Waals surface area contributed by atoms with Gasteiger partial charge in [0, 0.05) is 16.8 Å². The van der Waals surface area contributed by atoms with Gasteiger partial charge in [-0.25, -0.2) is 0 Å². The molecule has 0 radical (unpaired) electrons. The van der Waals surface area contributed by atoms with Crippen LogP contribution in [0, 0.1) is 0 Å². The highest BCUT2D eigenvalue weighted by Crippen LogP contribution is 2.19. The molecule has 1 unspecified atom stereocenters. The Hall–Kier alpha value is -1.68. The predicted molar refractivity (Wildman–Crippen MR) is 66.3 cm³/mol. The first-order valence-electron chi connectivity index (χ1n) is 5.48. The van der Waals surface area contributed by atoms with Crippen LogP contribution in [-0.4, -0.2) is 22.8 Å². The first kappa shape index (κ1) is 10.8. The SMILES string of the molecule is CC(CCN)Nc1nncc2ccccc12. The van der Waals surface area contributed by atoms with E-state index in [-0.39, 0.29) is 0 Å². The highest BCUT2D eigenvalue weighted by atomic mass is 15.2. The molecule has 1 aromatic carbocycles. The van der Waals surface area contributed by atoms with Crippen molar-refractivity contribution in [1.29, 1.82) is 0 Å². The molecule has 0 spiro atoms. The summed E-state index contributed by atoms with van der Waals surface area (Å²) >= 11 is 0. The van der Waals surface area contributed by atoms with Gasteiger partial charge in [0.25, 0.3) is 0 Å². The molecule has 0 saturated carbocycles. The summed E-state index contributed by atoms with van der Waals surface area (Å²) in [5.74, 6) is 0.832. The van der Waals surface area contributed by atoms with Crippen LogP contribution in [0.15, 0.2) is 30.5 Å². The summed E-state index contributed by atoms with van der Waals surface area (Å²) in [5, 5.41) is 13.6. The Labute approximate surface area is 94.9 Å². The number of anilines is 1. The minimum atomic E-state index is 0.310. The number of fused-ring (bicyclic) bond motifs is 1. The molecule has 3 N–H and O–H groups in total. The molecule has 2 rings (SSSR count). The fraction of sp³-hybridized carbons (Fsp3) is 0.333. The summed E-state index contributed by atoms with van der Waals surface area (Å²) in [5.41, 5.74) is 5.52. The fourth-order valence-electron chi connectivity index (χ4n) is 1.69. The number of nitrogens with zero attached hydrogens (tertiary/aromatic N) is 2. The molecule has 2 aromatic rings. The normalized spacial score (nSPS) is 12.6. The Balaban J connectivity index is 2.30. The maximum absolute atomic E-state index is 5.52. The van der Waals surface area contributed by atoms with Crippen molar-refractivity contribution in [3.63, 3.8) is 0 Å². The molecule has 4 nitrogen and oxygen atoms in total. The van der Waals surface area contributed by atoms with E-state index in [9.17, 15) is 0 Å². The van der Waals surface area contributed by atoms with Crippen molar-refractivity contribution < 1.29 is 0 Å². The average molecular weight is 216 g/mol. The lowest BCUT2D eigenvalue weighted by Gasteiger charge is -2.14. The van der Waals surface area contributed by atoms with Crippen LogP contribution in [0.5, 0.6) is 0 Å². The standard InChI is InChI=1S/C12H16N4/c1-9(6-7-13)15-12-11-5-3-2-4-10(11)8-14-16-12/h2-5,8-9H,6-7,13H2,1H3,(H,15,16). The second-order valence-corrected chi connectivity index (χ2v) is 3.90. The number of hydrogen-bond acceptors (Lipinski definition) is 4. The number of hydrogen-bond donors (Lipinski definition) is 2. The monoisotopic (exact) mass is 216 g/mol. The van der Waals surface area contributed by atoms with Gasteiger partial charge in [-0.15, -0.1) is 5.10 Å². The quantitative estimate of drug-likeness (QED) is 0.817. The maximum Gasteiger partial charge on any atom is 0.156 e. The molecule has 0 saturated heterocycles. The number of nitrogens with two attached hydrogens (primary N) is 1. The van der Waals surface area contributed by atoms with Gasteiger partial charge in [0.15, 0.2) is 5.82 Å². The van der Waals surface area contributed by atoms with E-state index in [0.29, 0.717) is 12.6 Å². The third-order valence-corrected chi connectivity index (χ3v) is 2.55. The molecule has 16 heavy (non-hydrogen) atoms. The van der Waals surface area contributed by atoms with Crippen molar-refractivity contribution in [1.82, 2.24) is 10.2 Å². The van der Waals surface area contributed by atoms with E-state index in [0.717, 1.165) is 23.0 Å². The van der Waals surface area contributed by atoms with Crippen LogP contribution in [0.2, 0.25) is 0 Å². The van der Waals surface area contributed by atoms with E-state index in [1.807, 2.05) is 24.3 Å². The minimum Gasteiger partial charge on any atom is -0.366 e. The first-order valence-corrected chi connectivity index (χ1v) is 5.48. The molecule has 0 aliphatic rings. The molecular formula is C12H16N4. The third-order valence-electron chi connectivity index (χ3n) is 2.55. The zero-order chi connectivity index (χ0) is 11.4. The highest BCUT2D eigenvalue weighted by Gasteiger charge is 2.05. The smallest absolute Gasteiger partial charge is 0.156 e. The summed E-state index contributed by atoms with van der Waals surface area (Å²) in [6.45, 7) is 2.77. The van der Waals surface area contributed by atoms with E-state index in [1.165, 1.54) is 0 Å². The van der Waals surface area contributed by atoms with E-state index in [4.69, 9.17) is 5.73 Å². The van der Waals surface area contributed by atoms with Gasteiger partial charge >= 0.3 is 0 Å². The van der Waals surface area contributed by atoms with Crippen molar-refractivity contribution in [3.8, 4) is 0 Å². The van der Waals surface area contributed by atoms with Gasteiger partial charge in [0.2, 0.25) is 0 Å². The van der Waals surface area contributed by atoms with Crippen LogP contribution in [-0.2, 0) is 0 Å². The molecule has 84 valence electrons. The number of rotatable bonds is 4. The highest BCUT2D eigenvalue weighted by molar-refractivity contribution is 5.90. The maximum atomic E-state index is 5.52. The van der Waals surface area contributed by atoms with Gasteiger partial charge < -0.3 is 11.1 Å². The molecule has 0 bridgehead atoms. The van der Waals surface area contributed by atoms with Crippen molar-refractivity contribution in [2.75, 3.05) is 11.9 Å². The minimum absolute atomic E-state index is 0.310. The number of nitrogens with one attached hydrogen (secondary N) is 1. The van der Waals surface area contributed by atoms with Crippen LogP contribution in [0.4, 0.5) is 5.82 Å². The largest absolute Gasteiger partial charge is 0.366 e. The number of aromatic nitrogens is 2. The van der Waals surface area contributed by atoms with Gasteiger partial charge in [-0.1, -0.05) is 24.3 Å². The van der Waals surface area contributed by atoms with Crippen molar-refractivity contribution in [2.45, 2.75) is 19.4 Å². The molecule has 0 amide bonds. The van der Waals surface area contributed by atoms with Crippen molar-refractivity contribution >= 4 is 16.6 Å². The van der Waals surface area contributed by atoms with Gasteiger partial charge in [0.05, 0.1) is 6.20 Å². The summed E-state index contributed by atoms with van der Waals surface area (Å²) in [4.78, 5) is 0. The lowest BCUT2D eigenvalue weighted by molar-refractivity contribution is 0.712. The molecular weight excluding hydrogens is 200 g/mol. The van der Waals surface area contributed by atoms with Gasteiger partial charge in [-0.3, -0.25) is 0 Å². The predicted octanol–water partition coefficient (Wildman–Crippen LogP) is 1.78. The van der Waals surface area contributed by atoms with Crippen LogP contribution >= 0.6 is 0 Å². The van der Waals surface area contributed by atoms with Crippen LogP contribution in [0.1, 0.15) is 13.3 Å². The molecule has 0 aliphatic carbocycles. The molecule has 0 aliphatic heterocycles. The first-order chi connectivity index (χ1) is 7.81. The van der Waals surface area contributed by atoms with E-state index in [2.05, 4.69) is 22.4 Å². The number of benzene rings is 1. The zero-order valence-corrected chi connectivity index (χ0v) is 9.35. The second-order valence-electron chi connectivity index (χ2n) is 3.90. The molecule has 1 aromatic heterocycles. The summed E-state index contributed by atoms with van der Waals surface area (Å²) < 4.78 is 0. The van der Waals surface area contributed by atoms with Crippen LogP contribution in [0.25, 0.3) is 10.8 Å². The third kappa shape index (κ3) is 2.28. The van der Waals surface area contributed by atoms with Crippen molar-refractivity contribution in [3.05, 3.63) is 30.5 Å². The molecule has 1 atom stereocenters. The van der Waals surface area contributed by atoms with Gasteiger partial charge in [0.1, 0.15) is 0 Å². The van der Waals surface area contributed by atoms with Crippen LogP contribution in [0.3, 0.4) is 0 Å². The average Bonchev–Trinajstić information content (AvgIpc) is 2.30. The summed E-state index contributed by atoms with van der Waals surface area (Å²) in [7, 11) is 0. The van der Waals surface area contributed by atoms with E-state index in [1.54, 1.807) is 6.20 Å². The Bertz CT molecular complexity index is 464. The van der Waals surface area contributed by atoms with Crippen LogP contribution < -0.4 is 11.1 Å². The van der Waals surface area contributed by atoms with Crippen molar-refractivity contribution in [2.24, 2.45) is 5.73 Å². The molecule has 4 heteroatoms. The Kier molecular flexibility index (Phi) is 3.31. The van der Waals surface area contributed by atoms with Gasteiger partial charge in [-0.05, 0) is 19.9 Å². The summed E-state index contributed by atoms with van der Waals surface area (Å²) in [6, 6.07) is 8.38. The second kappa shape index (κ2) is 4.90. The fourth-order valence-corrected chi connectivity index (χ4v) is 1.69. The lowest BCUT2D eigenvalue weighted by Crippen LogP contribution is -2.20. The summed E-state index contributed by atoms with van der Waals surface area (Å²) in [6.07, 6.45) is 2.69.